The molecular weight excluding hydrogens is 384 g/mol. The maximum atomic E-state index is 12.6. The van der Waals surface area contributed by atoms with E-state index in [4.69, 9.17) is 10.8 Å². The predicted octanol–water partition coefficient (Wildman–Crippen LogP) is -2.17. The molecule has 0 saturated heterocycles. The number of phenols is 1. The maximum Gasteiger partial charge on any atom is 0.328 e. The van der Waals surface area contributed by atoms with Gasteiger partial charge in [0.05, 0.1) is 12.6 Å². The molecule has 29 heavy (non-hydrogen) atoms. The van der Waals surface area contributed by atoms with Crippen molar-refractivity contribution in [3.8, 4) is 5.75 Å². The fraction of sp³-hybridized carbons (Fsp3) is 0.444. The van der Waals surface area contributed by atoms with Gasteiger partial charge in [-0.15, -0.1) is 0 Å². The molecule has 11 nitrogen and oxygen atoms in total. The second kappa shape index (κ2) is 11.0. The molecule has 0 fully saturated rings. The van der Waals surface area contributed by atoms with Crippen molar-refractivity contribution in [1.82, 2.24) is 16.0 Å². The zero-order chi connectivity index (χ0) is 22.1. The van der Waals surface area contributed by atoms with Crippen molar-refractivity contribution in [3.63, 3.8) is 0 Å². The fourth-order valence-corrected chi connectivity index (χ4v) is 2.38. The number of nitrogens with one attached hydrogen (secondary N) is 3. The van der Waals surface area contributed by atoms with Crippen LogP contribution in [-0.2, 0) is 25.6 Å². The summed E-state index contributed by atoms with van der Waals surface area (Å²) in [6.07, 6.45) is -1.28. The lowest BCUT2D eigenvalue weighted by Crippen LogP contribution is -2.57. The first-order chi connectivity index (χ1) is 13.5. The Morgan fingerprint density at radius 1 is 1.00 bits per heavy atom. The summed E-state index contributed by atoms with van der Waals surface area (Å²) in [7, 11) is 0. The number of carboxylic acids is 1. The minimum atomic E-state index is -1.54. The number of phenolic OH excluding ortho intramolecular Hbond substituents is 1. The average molecular weight is 410 g/mol. The van der Waals surface area contributed by atoms with E-state index in [1.54, 1.807) is 12.1 Å². The van der Waals surface area contributed by atoms with Gasteiger partial charge in [0.2, 0.25) is 17.7 Å². The van der Waals surface area contributed by atoms with E-state index < -0.39 is 47.9 Å². The third-order valence-electron chi connectivity index (χ3n) is 4.01. The van der Waals surface area contributed by atoms with E-state index in [1.807, 2.05) is 0 Å². The molecule has 0 radical (unpaired) electrons. The molecule has 8 N–H and O–H groups in total. The van der Waals surface area contributed by atoms with E-state index in [-0.39, 0.29) is 18.7 Å². The van der Waals surface area contributed by atoms with Crippen molar-refractivity contribution in [2.75, 3.05) is 6.54 Å². The lowest BCUT2D eigenvalue weighted by Gasteiger charge is -2.23. The number of carboxylic acid groups (broad SMARTS) is 1. The number of hydrogen-bond donors (Lipinski definition) is 7. The summed E-state index contributed by atoms with van der Waals surface area (Å²) < 4.78 is 0. The highest BCUT2D eigenvalue weighted by Crippen LogP contribution is 2.11. The summed E-state index contributed by atoms with van der Waals surface area (Å²) >= 11 is 0. The van der Waals surface area contributed by atoms with Crippen LogP contribution in [0.25, 0.3) is 0 Å². The van der Waals surface area contributed by atoms with E-state index >= 15 is 0 Å². The van der Waals surface area contributed by atoms with Crippen LogP contribution in [0.3, 0.4) is 0 Å². The molecule has 3 amide bonds. The zero-order valence-corrected chi connectivity index (χ0v) is 16.1. The summed E-state index contributed by atoms with van der Waals surface area (Å²) in [6, 6.07) is 2.26. The van der Waals surface area contributed by atoms with Gasteiger partial charge in [0.15, 0.2) is 6.04 Å². The molecule has 0 spiro atoms. The molecule has 1 rings (SSSR count). The molecule has 0 saturated carbocycles. The number of nitrogens with two attached hydrogens (primary N) is 1. The molecule has 4 unspecified atom stereocenters. The van der Waals surface area contributed by atoms with Crippen LogP contribution in [0.15, 0.2) is 24.3 Å². The number of aliphatic carboxylic acids is 1. The van der Waals surface area contributed by atoms with Crippen LogP contribution in [0, 0.1) is 0 Å². The lowest BCUT2D eigenvalue weighted by atomic mass is 10.0. The Morgan fingerprint density at radius 2 is 1.59 bits per heavy atom. The number of aliphatic hydroxyl groups excluding tert-OH is 1. The van der Waals surface area contributed by atoms with Crippen LogP contribution in [0.1, 0.15) is 19.4 Å². The van der Waals surface area contributed by atoms with Crippen molar-refractivity contribution < 1.29 is 34.5 Å². The topological polar surface area (TPSA) is 191 Å². The van der Waals surface area contributed by atoms with Crippen molar-refractivity contribution in [2.45, 2.75) is 44.5 Å². The summed E-state index contributed by atoms with van der Waals surface area (Å²) in [5.74, 6) is -3.47. The number of amides is 3. The normalized spacial score (nSPS) is 14.8. The molecule has 0 aliphatic carbocycles. The minimum absolute atomic E-state index is 0.0390. The van der Waals surface area contributed by atoms with Gasteiger partial charge in [-0.1, -0.05) is 12.1 Å². The Hall–Kier alpha value is -3.18. The highest BCUT2D eigenvalue weighted by molar-refractivity contribution is 5.93. The van der Waals surface area contributed by atoms with E-state index in [2.05, 4.69) is 16.0 Å². The molecule has 0 aliphatic rings. The second-order valence-electron chi connectivity index (χ2n) is 6.49. The van der Waals surface area contributed by atoms with E-state index in [0.29, 0.717) is 5.56 Å². The van der Waals surface area contributed by atoms with Gasteiger partial charge >= 0.3 is 5.97 Å². The Balaban J connectivity index is 2.83. The van der Waals surface area contributed by atoms with E-state index in [0.717, 1.165) is 0 Å². The quantitative estimate of drug-likeness (QED) is 0.227. The minimum Gasteiger partial charge on any atom is -0.508 e. The average Bonchev–Trinajstić information content (AvgIpc) is 2.66. The number of hydrogen-bond acceptors (Lipinski definition) is 7. The van der Waals surface area contributed by atoms with Crippen LogP contribution >= 0.6 is 0 Å². The third-order valence-corrected chi connectivity index (χ3v) is 4.01. The molecule has 1 aromatic rings. The summed E-state index contributed by atoms with van der Waals surface area (Å²) in [5, 5.41) is 34.8. The van der Waals surface area contributed by atoms with Gasteiger partial charge in [-0.2, -0.15) is 0 Å². The Bertz CT molecular complexity index is 736. The number of aromatic hydroxyl groups is 1. The molecule has 4 atom stereocenters. The first-order valence-corrected chi connectivity index (χ1v) is 8.84. The Morgan fingerprint density at radius 3 is 2.07 bits per heavy atom. The third kappa shape index (κ3) is 7.76. The molecule has 0 heterocycles. The van der Waals surface area contributed by atoms with Crippen LogP contribution in [-0.4, -0.2) is 69.8 Å². The van der Waals surface area contributed by atoms with Crippen molar-refractivity contribution >= 4 is 23.7 Å². The molecule has 11 heteroatoms. The Labute approximate surface area is 167 Å². The van der Waals surface area contributed by atoms with Gasteiger partial charge in [-0.05, 0) is 31.5 Å². The van der Waals surface area contributed by atoms with Gasteiger partial charge in [-0.25, -0.2) is 4.79 Å². The highest BCUT2D eigenvalue weighted by Gasteiger charge is 2.29. The molecular formula is C18H26N4O7. The number of benzene rings is 1. The van der Waals surface area contributed by atoms with Crippen LogP contribution in [0.2, 0.25) is 0 Å². The first-order valence-electron chi connectivity index (χ1n) is 8.84. The second-order valence-corrected chi connectivity index (χ2v) is 6.49. The van der Waals surface area contributed by atoms with Gasteiger partial charge in [-0.3, -0.25) is 14.4 Å². The maximum absolute atomic E-state index is 12.6. The van der Waals surface area contributed by atoms with Crippen LogP contribution in [0.4, 0.5) is 0 Å². The highest BCUT2D eigenvalue weighted by atomic mass is 16.4. The van der Waals surface area contributed by atoms with Gasteiger partial charge < -0.3 is 37.0 Å². The molecule has 160 valence electrons. The first kappa shape index (κ1) is 23.9. The van der Waals surface area contributed by atoms with Crippen LogP contribution in [0.5, 0.6) is 5.75 Å². The predicted molar refractivity (Wildman–Crippen MR) is 102 cm³/mol. The van der Waals surface area contributed by atoms with Crippen LogP contribution < -0.4 is 21.7 Å². The standard InChI is InChI=1S/C18H26N4O7/c1-9(16(26)22-15(10(2)23)18(28)29)20-17(27)13(21-14(25)8-19)7-11-3-5-12(24)6-4-11/h3-6,9-10,13,15,23-24H,7-8,19H2,1-2H3,(H,20,27)(H,21,25)(H,22,26)(H,28,29). The molecule has 0 aromatic heterocycles. The lowest BCUT2D eigenvalue weighted by molar-refractivity contribution is -0.145. The smallest absolute Gasteiger partial charge is 0.328 e. The molecule has 0 bridgehead atoms. The molecule has 1 aromatic carbocycles. The van der Waals surface area contributed by atoms with E-state index in [9.17, 15) is 29.4 Å². The zero-order valence-electron chi connectivity index (χ0n) is 16.1. The Kier molecular flexibility index (Phi) is 9.03. The van der Waals surface area contributed by atoms with Gasteiger partial charge in [0.25, 0.3) is 0 Å². The fourth-order valence-electron chi connectivity index (χ4n) is 2.38. The van der Waals surface area contributed by atoms with E-state index in [1.165, 1.54) is 26.0 Å². The van der Waals surface area contributed by atoms with Crippen molar-refractivity contribution in [3.05, 3.63) is 29.8 Å². The number of carbonyl (C=O) groups is 4. The van der Waals surface area contributed by atoms with Gasteiger partial charge in [0.1, 0.15) is 17.8 Å². The number of rotatable bonds is 10. The van der Waals surface area contributed by atoms with Gasteiger partial charge in [0, 0.05) is 6.42 Å². The monoisotopic (exact) mass is 410 g/mol. The number of carbonyl (C=O) groups excluding carboxylic acids is 3. The summed E-state index contributed by atoms with van der Waals surface area (Å²) in [5.41, 5.74) is 5.91. The largest absolute Gasteiger partial charge is 0.508 e. The number of aliphatic hydroxyl groups is 1. The SMILES string of the molecule is CC(NC(=O)C(Cc1ccc(O)cc1)NC(=O)CN)C(=O)NC(C(=O)O)C(C)O. The summed E-state index contributed by atoms with van der Waals surface area (Å²) in [6.45, 7) is 2.19. The molecule has 0 aliphatic heterocycles. The van der Waals surface area contributed by atoms with Crippen molar-refractivity contribution in [2.24, 2.45) is 5.73 Å². The summed E-state index contributed by atoms with van der Waals surface area (Å²) in [4.78, 5) is 47.5. The van der Waals surface area contributed by atoms with Crippen molar-refractivity contribution in [1.29, 1.82) is 0 Å².